The number of amides is 1. The van der Waals surface area contributed by atoms with Gasteiger partial charge in [-0.1, -0.05) is 48.5 Å². The number of nitrogens with zero attached hydrogens (tertiary/aromatic N) is 3. The van der Waals surface area contributed by atoms with E-state index in [-0.39, 0.29) is 5.56 Å². The number of anilines is 2. The van der Waals surface area contributed by atoms with Gasteiger partial charge in [0, 0.05) is 36.2 Å². The molecule has 1 aliphatic rings. The lowest BCUT2D eigenvalue weighted by Gasteiger charge is -2.28. The van der Waals surface area contributed by atoms with Gasteiger partial charge in [-0.3, -0.25) is 4.79 Å². The molecule has 1 fully saturated rings. The van der Waals surface area contributed by atoms with E-state index in [0.29, 0.717) is 24.6 Å². The number of carbonyl (C=O) groups is 2. The monoisotopic (exact) mass is 496 g/mol. The first-order valence-corrected chi connectivity index (χ1v) is 12.2. The van der Waals surface area contributed by atoms with E-state index in [4.69, 9.17) is 9.47 Å². The molecule has 2 heterocycles. The Kier molecular flexibility index (Phi) is 7.28. The fraction of sp³-hybridized carbons (Fsp3) is 0.207. The van der Waals surface area contributed by atoms with Crippen molar-refractivity contribution in [3.63, 3.8) is 0 Å². The molecule has 0 saturated carbocycles. The highest BCUT2D eigenvalue weighted by molar-refractivity contribution is 6.00. The summed E-state index contributed by atoms with van der Waals surface area (Å²) < 4.78 is 12.6. The van der Waals surface area contributed by atoms with E-state index < -0.39 is 18.0 Å². The lowest BCUT2D eigenvalue weighted by atomic mass is 10.1. The molecule has 8 heteroatoms. The molecule has 1 saturated heterocycles. The summed E-state index contributed by atoms with van der Waals surface area (Å²) in [6.07, 6.45) is 0.629. The Morgan fingerprint density at radius 1 is 0.892 bits per heavy atom. The number of aromatic nitrogens is 2. The predicted molar refractivity (Wildman–Crippen MR) is 142 cm³/mol. The van der Waals surface area contributed by atoms with Gasteiger partial charge in [-0.2, -0.15) is 5.10 Å². The summed E-state index contributed by atoms with van der Waals surface area (Å²) in [5, 5.41) is 7.47. The van der Waals surface area contributed by atoms with Gasteiger partial charge >= 0.3 is 5.97 Å². The van der Waals surface area contributed by atoms with Gasteiger partial charge in [-0.05, 0) is 43.3 Å². The number of ether oxygens (including phenoxy) is 2. The molecule has 8 nitrogen and oxygen atoms in total. The number of para-hydroxylation sites is 1. The van der Waals surface area contributed by atoms with E-state index in [9.17, 15) is 9.59 Å². The molecule has 5 rings (SSSR count). The Morgan fingerprint density at radius 3 is 2.22 bits per heavy atom. The van der Waals surface area contributed by atoms with Gasteiger partial charge in [0.05, 0.1) is 18.9 Å². The summed E-state index contributed by atoms with van der Waals surface area (Å²) in [6.45, 7) is 4.64. The lowest BCUT2D eigenvalue weighted by molar-refractivity contribution is -0.123. The summed E-state index contributed by atoms with van der Waals surface area (Å²) >= 11 is 0. The Labute approximate surface area is 215 Å². The van der Waals surface area contributed by atoms with Crippen LogP contribution in [0, 0.1) is 0 Å². The van der Waals surface area contributed by atoms with Crippen LogP contribution in [0.5, 0.6) is 0 Å². The van der Waals surface area contributed by atoms with Gasteiger partial charge in [0.25, 0.3) is 5.91 Å². The zero-order chi connectivity index (χ0) is 25.6. The molecule has 0 radical (unpaired) electrons. The number of carbonyl (C=O) groups excluding carboxylic acids is 2. The largest absolute Gasteiger partial charge is 0.449 e. The molecule has 37 heavy (non-hydrogen) atoms. The third-order valence-corrected chi connectivity index (χ3v) is 6.17. The van der Waals surface area contributed by atoms with E-state index >= 15 is 0 Å². The van der Waals surface area contributed by atoms with Crippen LogP contribution in [0.15, 0.2) is 91.1 Å². The first kappa shape index (κ1) is 24.3. The summed E-state index contributed by atoms with van der Waals surface area (Å²) in [5.74, 6) is -1.03. The van der Waals surface area contributed by atoms with Crippen molar-refractivity contribution in [2.24, 2.45) is 0 Å². The highest BCUT2D eigenvalue weighted by atomic mass is 16.5. The van der Waals surface area contributed by atoms with Gasteiger partial charge in [-0.25, -0.2) is 9.48 Å². The molecule has 1 atom stereocenters. The second-order valence-corrected chi connectivity index (χ2v) is 8.72. The van der Waals surface area contributed by atoms with Crippen molar-refractivity contribution in [1.29, 1.82) is 0 Å². The van der Waals surface area contributed by atoms with Crippen LogP contribution >= 0.6 is 0 Å². The van der Waals surface area contributed by atoms with E-state index in [0.717, 1.165) is 30.0 Å². The smallest absolute Gasteiger partial charge is 0.342 e. The molecule has 0 spiro atoms. The van der Waals surface area contributed by atoms with Crippen molar-refractivity contribution in [2.45, 2.75) is 13.0 Å². The number of morpholine rings is 1. The normalized spacial score (nSPS) is 14.1. The standard InChI is InChI=1S/C29H28N4O4/c1-21(28(34)30-23-12-14-24(15-13-23)32-16-18-36-19-17-32)37-29(35)26-20-33(25-10-6-3-7-11-25)31-27(26)22-8-4-2-5-9-22/h2-15,20-21H,16-19H2,1H3,(H,30,34)/t21-/m0/s1. The first-order chi connectivity index (χ1) is 18.1. The summed E-state index contributed by atoms with van der Waals surface area (Å²) in [7, 11) is 0. The second-order valence-electron chi connectivity index (χ2n) is 8.72. The number of rotatable bonds is 7. The number of esters is 1. The number of nitrogens with one attached hydrogen (secondary N) is 1. The minimum atomic E-state index is -1.00. The zero-order valence-electron chi connectivity index (χ0n) is 20.5. The van der Waals surface area contributed by atoms with Crippen molar-refractivity contribution in [2.75, 3.05) is 36.5 Å². The van der Waals surface area contributed by atoms with Gasteiger partial charge in [0.2, 0.25) is 0 Å². The fourth-order valence-corrected chi connectivity index (χ4v) is 4.14. The van der Waals surface area contributed by atoms with E-state index in [2.05, 4.69) is 15.3 Å². The molecule has 188 valence electrons. The molecular formula is C29H28N4O4. The number of benzene rings is 3. The lowest BCUT2D eigenvalue weighted by Crippen LogP contribution is -2.36. The molecule has 1 amide bonds. The topological polar surface area (TPSA) is 85.7 Å². The highest BCUT2D eigenvalue weighted by Crippen LogP contribution is 2.25. The molecule has 3 aromatic carbocycles. The van der Waals surface area contributed by atoms with Gasteiger partial charge < -0.3 is 19.7 Å². The predicted octanol–water partition coefficient (Wildman–Crippen LogP) is 4.56. The Morgan fingerprint density at radius 2 is 1.54 bits per heavy atom. The van der Waals surface area contributed by atoms with Crippen LogP contribution in [-0.4, -0.2) is 54.1 Å². The second kappa shape index (κ2) is 11.1. The molecule has 4 aromatic rings. The van der Waals surface area contributed by atoms with Gasteiger partial charge in [0.15, 0.2) is 6.10 Å². The van der Waals surface area contributed by atoms with Crippen molar-refractivity contribution >= 4 is 23.3 Å². The van der Waals surface area contributed by atoms with E-state index in [1.165, 1.54) is 0 Å². The third kappa shape index (κ3) is 5.70. The van der Waals surface area contributed by atoms with Crippen LogP contribution in [0.25, 0.3) is 16.9 Å². The minimum absolute atomic E-state index is 0.282. The summed E-state index contributed by atoms with van der Waals surface area (Å²) in [6, 6.07) is 26.5. The maximum atomic E-state index is 13.2. The molecular weight excluding hydrogens is 468 g/mol. The van der Waals surface area contributed by atoms with Crippen LogP contribution < -0.4 is 10.2 Å². The van der Waals surface area contributed by atoms with E-state index in [1.807, 2.05) is 84.9 Å². The zero-order valence-corrected chi connectivity index (χ0v) is 20.5. The van der Waals surface area contributed by atoms with Crippen molar-refractivity contribution in [3.8, 4) is 16.9 Å². The molecule has 1 aliphatic heterocycles. The Bertz CT molecular complexity index is 1350. The van der Waals surface area contributed by atoms with Crippen LogP contribution in [0.3, 0.4) is 0 Å². The van der Waals surface area contributed by atoms with Crippen LogP contribution in [0.4, 0.5) is 11.4 Å². The average molecular weight is 497 g/mol. The SMILES string of the molecule is C[C@H](OC(=O)c1cn(-c2ccccc2)nc1-c1ccccc1)C(=O)Nc1ccc(N2CCOCC2)cc1. The minimum Gasteiger partial charge on any atom is -0.449 e. The molecule has 1 aromatic heterocycles. The van der Waals surface area contributed by atoms with Crippen molar-refractivity contribution in [3.05, 3.63) is 96.7 Å². The Balaban J connectivity index is 1.29. The van der Waals surface area contributed by atoms with E-state index in [1.54, 1.807) is 17.8 Å². The maximum Gasteiger partial charge on any atom is 0.342 e. The molecule has 0 unspecified atom stereocenters. The summed E-state index contributed by atoms with van der Waals surface area (Å²) in [5.41, 5.74) is 4.06. The first-order valence-electron chi connectivity index (χ1n) is 12.2. The van der Waals surface area contributed by atoms with Crippen LogP contribution in [0.2, 0.25) is 0 Å². The van der Waals surface area contributed by atoms with Crippen LogP contribution in [-0.2, 0) is 14.3 Å². The third-order valence-electron chi connectivity index (χ3n) is 6.17. The fourth-order valence-electron chi connectivity index (χ4n) is 4.14. The number of hydrogen-bond acceptors (Lipinski definition) is 6. The summed E-state index contributed by atoms with van der Waals surface area (Å²) in [4.78, 5) is 28.2. The van der Waals surface area contributed by atoms with Crippen molar-refractivity contribution in [1.82, 2.24) is 9.78 Å². The molecule has 1 N–H and O–H groups in total. The average Bonchev–Trinajstić information content (AvgIpc) is 3.41. The molecule has 0 bridgehead atoms. The van der Waals surface area contributed by atoms with Crippen molar-refractivity contribution < 1.29 is 19.1 Å². The Hall–Kier alpha value is -4.43. The van der Waals surface area contributed by atoms with Gasteiger partial charge in [0.1, 0.15) is 11.3 Å². The maximum absolute atomic E-state index is 13.2. The quantitative estimate of drug-likeness (QED) is 0.378. The molecule has 0 aliphatic carbocycles. The van der Waals surface area contributed by atoms with Gasteiger partial charge in [-0.15, -0.1) is 0 Å². The highest BCUT2D eigenvalue weighted by Gasteiger charge is 2.24. The van der Waals surface area contributed by atoms with Crippen LogP contribution in [0.1, 0.15) is 17.3 Å². The number of hydrogen-bond donors (Lipinski definition) is 1.